The van der Waals surface area contributed by atoms with Crippen LogP contribution in [0.1, 0.15) is 59.4 Å². The summed E-state index contributed by atoms with van der Waals surface area (Å²) in [7, 11) is 0. The van der Waals surface area contributed by atoms with E-state index in [1.165, 1.54) is 49.8 Å². The Morgan fingerprint density at radius 3 is 2.38 bits per heavy atom. The van der Waals surface area contributed by atoms with Crippen molar-refractivity contribution in [2.45, 2.75) is 43.6 Å². The van der Waals surface area contributed by atoms with Gasteiger partial charge in [0.15, 0.2) is 5.42 Å². The molecule has 2 aromatic heterocycles. The average Bonchev–Trinajstić information content (AvgIpc) is 3.98. The molecule has 7 aliphatic rings. The Morgan fingerprint density at radius 2 is 1.50 bits per heavy atom. The largest absolute Gasteiger partial charge is 0.454 e. The van der Waals surface area contributed by atoms with Crippen LogP contribution in [0.25, 0.3) is 44.5 Å². The summed E-state index contributed by atoms with van der Waals surface area (Å²) in [5.41, 5.74) is 15.5. The van der Waals surface area contributed by atoms with E-state index in [0.717, 1.165) is 65.0 Å². The Balaban J connectivity index is 0.937. The first-order chi connectivity index (χ1) is 28.7. The summed E-state index contributed by atoms with van der Waals surface area (Å²) in [6.07, 6.45) is 38.5. The zero-order valence-corrected chi connectivity index (χ0v) is 32.3. The van der Waals surface area contributed by atoms with Gasteiger partial charge in [0, 0.05) is 28.4 Å². The normalized spacial score (nSPS) is 26.0. The number of hydrogen-bond acceptors (Lipinski definition) is 4. The molecule has 6 unspecified atom stereocenters. The maximum atomic E-state index is 6.71. The van der Waals surface area contributed by atoms with E-state index in [9.17, 15) is 0 Å². The molecule has 280 valence electrons. The number of fused-ring (bicyclic) bond motifs is 8. The number of hydrogen-bond donors (Lipinski definition) is 1. The third-order valence-electron chi connectivity index (χ3n) is 13.5. The molecule has 0 radical (unpaired) electrons. The van der Waals surface area contributed by atoms with Gasteiger partial charge in [0.2, 0.25) is 0 Å². The molecule has 0 amide bonds. The van der Waals surface area contributed by atoms with E-state index >= 15 is 0 Å². The molecule has 6 atom stereocenters. The monoisotopic (exact) mass is 749 g/mol. The van der Waals surface area contributed by atoms with Crippen LogP contribution in [0.3, 0.4) is 0 Å². The van der Waals surface area contributed by atoms with Crippen molar-refractivity contribution in [1.82, 2.24) is 15.3 Å². The summed E-state index contributed by atoms with van der Waals surface area (Å²) in [6.45, 7) is 0. The second-order valence-electron chi connectivity index (χ2n) is 16.6. The number of benzene rings is 3. The highest BCUT2D eigenvalue weighted by Gasteiger charge is 2.36. The summed E-state index contributed by atoms with van der Waals surface area (Å²) in [5.74, 6) is 2.25. The molecular weight excluding hydrogens is 707 g/mol. The topological polar surface area (TPSA) is 51.0 Å². The Hall–Kier alpha value is -6.52. The van der Waals surface area contributed by atoms with Gasteiger partial charge in [-0.2, -0.15) is 0 Å². The molecular formula is C54H43N3O. The van der Waals surface area contributed by atoms with Gasteiger partial charge in [-0.15, -0.1) is 0 Å². The number of rotatable bonds is 5. The first-order valence-corrected chi connectivity index (χ1v) is 21.0. The van der Waals surface area contributed by atoms with Crippen LogP contribution in [-0.2, 0) is 6.42 Å². The number of aromatic nitrogens is 2. The van der Waals surface area contributed by atoms with Gasteiger partial charge in [0.25, 0.3) is 0 Å². The molecule has 0 bridgehead atoms. The lowest BCUT2D eigenvalue weighted by Gasteiger charge is -2.35. The molecule has 58 heavy (non-hydrogen) atoms. The SMILES string of the molecule is C1=CC2=c3c(oc4ccccc34)=C(C3=CC=C(c4cc(C5=CCC(C6Cc7ccccc7-c7ccccc76)C=C5)nc(C5C=CCC5)n4)C4C=CC=CC34)NC2C=C1. The predicted octanol–water partition coefficient (Wildman–Crippen LogP) is 10.4. The van der Waals surface area contributed by atoms with Gasteiger partial charge in [0.05, 0.1) is 23.1 Å². The Bertz CT molecular complexity index is 2970. The van der Waals surface area contributed by atoms with E-state index in [-0.39, 0.29) is 23.8 Å². The van der Waals surface area contributed by atoms with Crippen LogP contribution in [0.15, 0.2) is 180 Å². The number of para-hydroxylation sites is 1. The second-order valence-corrected chi connectivity index (χ2v) is 16.6. The number of nitrogens with one attached hydrogen (secondary N) is 1. The number of furan rings is 1. The molecule has 6 aliphatic carbocycles. The molecule has 3 heterocycles. The first-order valence-electron chi connectivity index (χ1n) is 21.0. The van der Waals surface area contributed by atoms with Crippen molar-refractivity contribution in [3.8, 4) is 11.1 Å². The van der Waals surface area contributed by atoms with Crippen LogP contribution < -0.4 is 16.0 Å². The van der Waals surface area contributed by atoms with Crippen molar-refractivity contribution in [2.75, 3.05) is 0 Å². The van der Waals surface area contributed by atoms with E-state index in [1.807, 2.05) is 0 Å². The maximum absolute atomic E-state index is 6.71. The molecule has 0 spiro atoms. The maximum Gasteiger partial charge on any atom is 0.159 e. The minimum absolute atomic E-state index is 0.0767. The molecule has 0 saturated carbocycles. The fourth-order valence-electron chi connectivity index (χ4n) is 10.6. The van der Waals surface area contributed by atoms with Crippen LogP contribution in [0.2, 0.25) is 0 Å². The fraction of sp³-hybridized carbons (Fsp3) is 0.185. The highest BCUT2D eigenvalue weighted by atomic mass is 16.3. The van der Waals surface area contributed by atoms with Crippen molar-refractivity contribution in [2.24, 2.45) is 17.8 Å². The van der Waals surface area contributed by atoms with Crippen molar-refractivity contribution in [3.63, 3.8) is 0 Å². The van der Waals surface area contributed by atoms with Gasteiger partial charge in [-0.1, -0.05) is 158 Å². The molecule has 0 fully saturated rings. The molecule has 3 aromatic carbocycles. The minimum Gasteiger partial charge on any atom is -0.454 e. The quantitative estimate of drug-likeness (QED) is 0.182. The molecule has 5 aromatic rings. The number of allylic oxidation sites excluding steroid dienone is 15. The fourth-order valence-corrected chi connectivity index (χ4v) is 10.6. The summed E-state index contributed by atoms with van der Waals surface area (Å²) < 4.78 is 6.71. The summed E-state index contributed by atoms with van der Waals surface area (Å²) in [4.78, 5) is 10.7. The molecule has 0 saturated heterocycles. The third kappa shape index (κ3) is 5.42. The smallest absolute Gasteiger partial charge is 0.159 e. The van der Waals surface area contributed by atoms with Crippen LogP contribution >= 0.6 is 0 Å². The lowest BCUT2D eigenvalue weighted by atomic mass is 9.71. The van der Waals surface area contributed by atoms with Crippen LogP contribution in [0.4, 0.5) is 0 Å². The van der Waals surface area contributed by atoms with Gasteiger partial charge in [-0.25, -0.2) is 9.97 Å². The van der Waals surface area contributed by atoms with E-state index < -0.39 is 0 Å². The standard InChI is InChI=1S/C54H43N3O/c1-2-14-35(13-1)54-56-48(34-27-25-33(26-28-34)46-31-36-15-3-4-16-37(36)38-17-5-8-20-41(38)46)32-49(57-54)42-29-30-43(40-19-7-6-18-39(40)42)52-53-51(44-21-9-11-23-47(44)55-52)45-22-10-12-24-50(45)58-53/h1,3-13,15-25,27-30,32-33,35,39-40,46-47,55H,2,14,26,31H2. The number of nitrogens with zero attached hydrogens (tertiary/aromatic N) is 2. The first kappa shape index (κ1) is 33.6. The zero-order chi connectivity index (χ0) is 38.2. The molecule has 1 aliphatic heterocycles. The van der Waals surface area contributed by atoms with Crippen molar-refractivity contribution >= 4 is 33.4 Å². The van der Waals surface area contributed by atoms with Crippen LogP contribution in [-0.4, -0.2) is 16.0 Å². The van der Waals surface area contributed by atoms with Crippen LogP contribution in [0, 0.1) is 17.8 Å². The lowest BCUT2D eigenvalue weighted by Crippen LogP contribution is -2.45. The molecule has 4 heteroatoms. The molecule has 12 rings (SSSR count). The van der Waals surface area contributed by atoms with Crippen molar-refractivity contribution in [1.29, 1.82) is 0 Å². The van der Waals surface area contributed by atoms with Crippen molar-refractivity contribution < 1.29 is 4.42 Å². The summed E-state index contributed by atoms with van der Waals surface area (Å²) in [5, 5.41) is 6.27. The Kier molecular flexibility index (Phi) is 7.85. The lowest BCUT2D eigenvalue weighted by molar-refractivity contribution is 0.502. The summed E-state index contributed by atoms with van der Waals surface area (Å²) >= 11 is 0. The highest BCUT2D eigenvalue weighted by molar-refractivity contribution is 5.88. The minimum atomic E-state index is 0.0767. The van der Waals surface area contributed by atoms with E-state index in [1.54, 1.807) is 0 Å². The van der Waals surface area contributed by atoms with Gasteiger partial charge in [0.1, 0.15) is 11.4 Å². The molecule has 4 nitrogen and oxygen atoms in total. The van der Waals surface area contributed by atoms with Crippen molar-refractivity contribution in [3.05, 3.63) is 215 Å². The van der Waals surface area contributed by atoms with Crippen LogP contribution in [0.5, 0.6) is 0 Å². The van der Waals surface area contributed by atoms with Gasteiger partial charge in [-0.3, -0.25) is 0 Å². The Morgan fingerprint density at radius 1 is 0.707 bits per heavy atom. The van der Waals surface area contributed by atoms with Gasteiger partial charge < -0.3 is 9.73 Å². The van der Waals surface area contributed by atoms with Gasteiger partial charge >= 0.3 is 0 Å². The Labute approximate surface area is 338 Å². The predicted molar refractivity (Wildman–Crippen MR) is 235 cm³/mol. The highest BCUT2D eigenvalue weighted by Crippen LogP contribution is 2.47. The summed E-state index contributed by atoms with van der Waals surface area (Å²) in [6, 6.07) is 28.7. The second kappa shape index (κ2) is 13.6. The zero-order valence-electron chi connectivity index (χ0n) is 32.3. The molecule has 1 N–H and O–H groups in total. The van der Waals surface area contributed by atoms with E-state index in [0.29, 0.717) is 11.8 Å². The third-order valence-corrected chi connectivity index (χ3v) is 13.5. The van der Waals surface area contributed by atoms with E-state index in [2.05, 4.69) is 175 Å². The average molecular weight is 750 g/mol. The van der Waals surface area contributed by atoms with E-state index in [4.69, 9.17) is 14.4 Å². The van der Waals surface area contributed by atoms with Gasteiger partial charge in [-0.05, 0) is 94.2 Å².